The van der Waals surface area contributed by atoms with E-state index in [-0.39, 0.29) is 18.2 Å². The first-order valence-electron chi connectivity index (χ1n) is 8.97. The molecule has 1 aliphatic heterocycles. The summed E-state index contributed by atoms with van der Waals surface area (Å²) in [4.78, 5) is 29.7. The number of rotatable bonds is 6. The first-order chi connectivity index (χ1) is 13.2. The van der Waals surface area contributed by atoms with Gasteiger partial charge in [-0.05, 0) is 30.2 Å². The van der Waals surface area contributed by atoms with Crippen LogP contribution in [0.1, 0.15) is 12.0 Å². The number of aromatic nitrogens is 1. The zero-order valence-electron chi connectivity index (χ0n) is 15.1. The number of aromatic amines is 1. The van der Waals surface area contributed by atoms with E-state index in [1.807, 2.05) is 30.5 Å². The maximum absolute atomic E-state index is 12.8. The largest absolute Gasteiger partial charge is 0.495 e. The third kappa shape index (κ3) is 3.19. The number of para-hydroxylation sites is 3. The number of nitrogens with one attached hydrogen (secondary N) is 2. The minimum Gasteiger partial charge on any atom is -0.495 e. The summed E-state index contributed by atoms with van der Waals surface area (Å²) < 4.78 is 5.29. The maximum atomic E-state index is 12.8. The summed E-state index contributed by atoms with van der Waals surface area (Å²) >= 11 is 0. The number of fused-ring (bicyclic) bond motifs is 1. The normalized spacial score (nSPS) is 17.1. The Bertz CT molecular complexity index is 995. The van der Waals surface area contributed by atoms with Crippen LogP contribution < -0.4 is 15.0 Å². The van der Waals surface area contributed by atoms with Gasteiger partial charge < -0.3 is 15.0 Å². The fourth-order valence-electron chi connectivity index (χ4n) is 3.58. The van der Waals surface area contributed by atoms with Crippen molar-refractivity contribution < 1.29 is 14.3 Å². The average molecular weight is 363 g/mol. The Hall–Kier alpha value is -3.12. The van der Waals surface area contributed by atoms with Crippen molar-refractivity contribution in [2.24, 2.45) is 0 Å². The van der Waals surface area contributed by atoms with Gasteiger partial charge in [-0.3, -0.25) is 9.59 Å². The van der Waals surface area contributed by atoms with E-state index in [0.717, 1.165) is 11.9 Å². The van der Waals surface area contributed by atoms with Crippen LogP contribution in [-0.4, -0.2) is 36.5 Å². The Balaban J connectivity index is 1.43. The molecule has 6 nitrogen and oxygen atoms in total. The second-order valence-corrected chi connectivity index (χ2v) is 6.56. The zero-order chi connectivity index (χ0) is 18.8. The summed E-state index contributed by atoms with van der Waals surface area (Å²) in [6.07, 6.45) is 2.93. The van der Waals surface area contributed by atoms with E-state index in [0.29, 0.717) is 18.0 Å². The molecule has 2 N–H and O–H groups in total. The van der Waals surface area contributed by atoms with Crippen LogP contribution in [0.15, 0.2) is 54.7 Å². The van der Waals surface area contributed by atoms with Gasteiger partial charge in [0.05, 0.1) is 25.3 Å². The van der Waals surface area contributed by atoms with Gasteiger partial charge in [0.15, 0.2) is 0 Å². The van der Waals surface area contributed by atoms with Crippen LogP contribution in [0.5, 0.6) is 5.75 Å². The van der Waals surface area contributed by atoms with Gasteiger partial charge in [0.2, 0.25) is 5.91 Å². The number of nitrogens with zero attached hydrogens (tertiary/aromatic N) is 1. The first-order valence-corrected chi connectivity index (χ1v) is 8.97. The third-order valence-corrected chi connectivity index (χ3v) is 4.93. The van der Waals surface area contributed by atoms with Crippen LogP contribution >= 0.6 is 0 Å². The lowest BCUT2D eigenvalue weighted by molar-refractivity contribution is -0.121. The number of methoxy groups -OCH3 is 1. The molecule has 2 aromatic carbocycles. The van der Waals surface area contributed by atoms with Crippen molar-refractivity contribution in [1.82, 2.24) is 10.3 Å². The Labute approximate surface area is 157 Å². The summed E-state index contributed by atoms with van der Waals surface area (Å²) in [6.45, 7) is 0.616. The summed E-state index contributed by atoms with van der Waals surface area (Å²) in [5, 5.41) is 4.42. The van der Waals surface area contributed by atoms with Crippen LogP contribution in [0.2, 0.25) is 0 Å². The Morgan fingerprint density at radius 2 is 1.93 bits per heavy atom. The number of carbonyl (C=O) groups excluding carboxylic acids is 2. The number of hydrogen-bond acceptors (Lipinski definition) is 4. The molecule has 0 spiro atoms. The SMILES string of the molecule is COc1ccccc1N1C(=O)CC(NCCc2c[nH]c3ccccc23)C1=O. The Morgan fingerprint density at radius 1 is 1.15 bits per heavy atom. The first kappa shape index (κ1) is 17.3. The molecule has 1 aliphatic rings. The summed E-state index contributed by atoms with van der Waals surface area (Å²) in [5.74, 6) is 0.0659. The van der Waals surface area contributed by atoms with E-state index in [1.165, 1.54) is 23.0 Å². The highest BCUT2D eigenvalue weighted by Gasteiger charge is 2.40. The number of ether oxygens (including phenoxy) is 1. The molecule has 0 bridgehead atoms. The second kappa shape index (κ2) is 7.25. The predicted molar refractivity (Wildman–Crippen MR) is 104 cm³/mol. The number of carbonyl (C=O) groups is 2. The van der Waals surface area contributed by atoms with Gasteiger partial charge in [0.25, 0.3) is 5.91 Å². The smallest absolute Gasteiger partial charge is 0.251 e. The molecule has 138 valence electrons. The monoisotopic (exact) mass is 363 g/mol. The minimum absolute atomic E-state index is 0.158. The molecule has 2 heterocycles. The highest BCUT2D eigenvalue weighted by Crippen LogP contribution is 2.31. The van der Waals surface area contributed by atoms with Crippen molar-refractivity contribution in [3.05, 3.63) is 60.3 Å². The van der Waals surface area contributed by atoms with Gasteiger partial charge in [0.1, 0.15) is 5.75 Å². The summed E-state index contributed by atoms with van der Waals surface area (Å²) in [6, 6.07) is 14.7. The number of amides is 2. The molecular weight excluding hydrogens is 342 g/mol. The lowest BCUT2D eigenvalue weighted by atomic mass is 10.1. The van der Waals surface area contributed by atoms with Crippen molar-refractivity contribution in [1.29, 1.82) is 0 Å². The van der Waals surface area contributed by atoms with Crippen LogP contribution in [0.25, 0.3) is 10.9 Å². The van der Waals surface area contributed by atoms with Crippen molar-refractivity contribution >= 4 is 28.4 Å². The number of anilines is 1. The molecule has 6 heteroatoms. The van der Waals surface area contributed by atoms with Crippen LogP contribution in [-0.2, 0) is 16.0 Å². The molecule has 1 atom stereocenters. The molecule has 1 aromatic heterocycles. The lowest BCUT2D eigenvalue weighted by Crippen LogP contribution is -2.39. The van der Waals surface area contributed by atoms with E-state index in [2.05, 4.69) is 16.4 Å². The molecule has 1 unspecified atom stereocenters. The summed E-state index contributed by atoms with van der Waals surface area (Å²) in [5.41, 5.74) is 2.79. The van der Waals surface area contributed by atoms with Gasteiger partial charge in [-0.1, -0.05) is 30.3 Å². The predicted octanol–water partition coefficient (Wildman–Crippen LogP) is 2.64. The van der Waals surface area contributed by atoms with E-state index in [1.54, 1.807) is 18.2 Å². The topological polar surface area (TPSA) is 74.4 Å². The number of benzene rings is 2. The van der Waals surface area contributed by atoms with Gasteiger partial charge >= 0.3 is 0 Å². The molecule has 2 amide bonds. The third-order valence-electron chi connectivity index (χ3n) is 4.93. The van der Waals surface area contributed by atoms with Gasteiger partial charge in [0, 0.05) is 23.6 Å². The Kier molecular flexibility index (Phi) is 4.64. The molecule has 1 fully saturated rings. The molecule has 0 saturated carbocycles. The van der Waals surface area contributed by atoms with E-state index in [9.17, 15) is 9.59 Å². The molecule has 1 saturated heterocycles. The quantitative estimate of drug-likeness (QED) is 0.660. The van der Waals surface area contributed by atoms with Crippen molar-refractivity contribution in [2.75, 3.05) is 18.6 Å². The van der Waals surface area contributed by atoms with Crippen molar-refractivity contribution in [2.45, 2.75) is 18.9 Å². The fourth-order valence-corrected chi connectivity index (χ4v) is 3.58. The number of H-pyrrole nitrogens is 1. The van der Waals surface area contributed by atoms with Crippen LogP contribution in [0.4, 0.5) is 5.69 Å². The van der Waals surface area contributed by atoms with Crippen LogP contribution in [0.3, 0.4) is 0 Å². The van der Waals surface area contributed by atoms with Gasteiger partial charge in [-0.2, -0.15) is 0 Å². The summed E-state index contributed by atoms with van der Waals surface area (Å²) in [7, 11) is 1.53. The zero-order valence-corrected chi connectivity index (χ0v) is 15.1. The second-order valence-electron chi connectivity index (χ2n) is 6.56. The van der Waals surface area contributed by atoms with Gasteiger partial charge in [-0.15, -0.1) is 0 Å². The fraction of sp³-hybridized carbons (Fsp3) is 0.238. The van der Waals surface area contributed by atoms with Crippen molar-refractivity contribution in [3.8, 4) is 5.75 Å². The van der Waals surface area contributed by atoms with E-state index in [4.69, 9.17) is 4.74 Å². The highest BCUT2D eigenvalue weighted by atomic mass is 16.5. The van der Waals surface area contributed by atoms with E-state index < -0.39 is 6.04 Å². The molecule has 0 aliphatic carbocycles. The maximum Gasteiger partial charge on any atom is 0.251 e. The average Bonchev–Trinajstić information content (AvgIpc) is 3.23. The highest BCUT2D eigenvalue weighted by molar-refractivity contribution is 6.23. The Morgan fingerprint density at radius 3 is 2.78 bits per heavy atom. The van der Waals surface area contributed by atoms with Gasteiger partial charge in [-0.25, -0.2) is 4.90 Å². The molecular formula is C21H21N3O3. The molecule has 4 rings (SSSR count). The molecule has 0 radical (unpaired) electrons. The van der Waals surface area contributed by atoms with Crippen LogP contribution in [0, 0.1) is 0 Å². The molecule has 27 heavy (non-hydrogen) atoms. The lowest BCUT2D eigenvalue weighted by Gasteiger charge is -2.18. The standard InChI is InChI=1S/C21H21N3O3/c1-27-19-9-5-4-8-18(19)24-20(25)12-17(21(24)26)22-11-10-14-13-23-16-7-3-2-6-15(14)16/h2-9,13,17,22-23H,10-12H2,1H3. The number of imide groups is 1. The number of hydrogen-bond donors (Lipinski definition) is 2. The van der Waals surface area contributed by atoms with Crippen molar-refractivity contribution in [3.63, 3.8) is 0 Å². The van der Waals surface area contributed by atoms with E-state index >= 15 is 0 Å². The minimum atomic E-state index is -0.507. The molecule has 3 aromatic rings.